The maximum absolute atomic E-state index is 3.75. The second kappa shape index (κ2) is 5.27. The van der Waals surface area contributed by atoms with Gasteiger partial charge in [0, 0.05) is 25.2 Å². The van der Waals surface area contributed by atoms with Crippen LogP contribution < -0.4 is 5.32 Å². The molecule has 1 heterocycles. The van der Waals surface area contributed by atoms with Gasteiger partial charge in [-0.1, -0.05) is 27.2 Å². The Morgan fingerprint density at radius 3 is 2.41 bits per heavy atom. The molecular formula is C15H30N2. The van der Waals surface area contributed by atoms with E-state index in [2.05, 4.69) is 37.9 Å². The molecule has 1 aliphatic carbocycles. The maximum atomic E-state index is 3.75. The topological polar surface area (TPSA) is 15.3 Å². The van der Waals surface area contributed by atoms with Gasteiger partial charge in [0.05, 0.1) is 0 Å². The van der Waals surface area contributed by atoms with Crippen molar-refractivity contribution < 1.29 is 0 Å². The van der Waals surface area contributed by atoms with E-state index in [4.69, 9.17) is 0 Å². The molecule has 2 fully saturated rings. The molecular weight excluding hydrogens is 208 g/mol. The minimum atomic E-state index is 0.377. The normalized spacial score (nSPS) is 33.2. The zero-order valence-corrected chi connectivity index (χ0v) is 12.1. The lowest BCUT2D eigenvalue weighted by atomic mass is 9.83. The first kappa shape index (κ1) is 13.4. The zero-order valence-electron chi connectivity index (χ0n) is 12.1. The van der Waals surface area contributed by atoms with E-state index in [1.54, 1.807) is 0 Å². The molecule has 0 radical (unpaired) electrons. The van der Waals surface area contributed by atoms with E-state index in [-0.39, 0.29) is 0 Å². The van der Waals surface area contributed by atoms with E-state index in [9.17, 15) is 0 Å². The van der Waals surface area contributed by atoms with Crippen molar-refractivity contribution in [3.63, 3.8) is 0 Å². The Morgan fingerprint density at radius 2 is 1.88 bits per heavy atom. The Labute approximate surface area is 107 Å². The first-order chi connectivity index (χ1) is 7.97. The van der Waals surface area contributed by atoms with Crippen molar-refractivity contribution in [2.75, 3.05) is 19.6 Å². The summed E-state index contributed by atoms with van der Waals surface area (Å²) in [5, 5.41) is 3.75. The first-order valence-electron chi connectivity index (χ1n) is 7.44. The summed E-state index contributed by atoms with van der Waals surface area (Å²) in [4.78, 5) is 2.75. The number of nitrogens with one attached hydrogen (secondary N) is 1. The summed E-state index contributed by atoms with van der Waals surface area (Å²) >= 11 is 0. The molecule has 2 nitrogen and oxygen atoms in total. The second-order valence-electron chi connectivity index (χ2n) is 7.26. The molecule has 0 spiro atoms. The van der Waals surface area contributed by atoms with Gasteiger partial charge in [0.25, 0.3) is 0 Å². The molecule has 1 saturated heterocycles. The quantitative estimate of drug-likeness (QED) is 0.796. The van der Waals surface area contributed by atoms with Crippen LogP contribution in [0.4, 0.5) is 0 Å². The lowest BCUT2D eigenvalue weighted by Crippen LogP contribution is -2.48. The van der Waals surface area contributed by atoms with Crippen LogP contribution >= 0.6 is 0 Å². The molecule has 17 heavy (non-hydrogen) atoms. The third-order valence-corrected chi connectivity index (χ3v) is 4.76. The second-order valence-corrected chi connectivity index (χ2v) is 7.26. The van der Waals surface area contributed by atoms with Gasteiger partial charge in [-0.15, -0.1) is 0 Å². The summed E-state index contributed by atoms with van der Waals surface area (Å²) in [6.07, 6.45) is 5.71. The molecule has 1 N–H and O–H groups in total. The van der Waals surface area contributed by atoms with Crippen LogP contribution in [-0.2, 0) is 0 Å². The standard InChI is InChI=1S/C15H30N2/c1-12-8-9-16-14(15(2,3)4)11-17(12)10-13-6-5-7-13/h12-14,16H,5-11H2,1-4H3. The highest BCUT2D eigenvalue weighted by atomic mass is 15.2. The van der Waals surface area contributed by atoms with Crippen molar-refractivity contribution in [2.24, 2.45) is 11.3 Å². The van der Waals surface area contributed by atoms with E-state index >= 15 is 0 Å². The molecule has 0 aromatic carbocycles. The predicted octanol–water partition coefficient (Wildman–Crippen LogP) is 2.89. The van der Waals surface area contributed by atoms with Gasteiger partial charge in [0.15, 0.2) is 0 Å². The fraction of sp³-hybridized carbons (Fsp3) is 1.00. The zero-order chi connectivity index (χ0) is 12.5. The van der Waals surface area contributed by atoms with Crippen LogP contribution in [0.3, 0.4) is 0 Å². The van der Waals surface area contributed by atoms with Gasteiger partial charge >= 0.3 is 0 Å². The average molecular weight is 238 g/mol. The van der Waals surface area contributed by atoms with Gasteiger partial charge in [0.1, 0.15) is 0 Å². The predicted molar refractivity (Wildman–Crippen MR) is 74.2 cm³/mol. The van der Waals surface area contributed by atoms with Gasteiger partial charge in [-0.2, -0.15) is 0 Å². The van der Waals surface area contributed by atoms with Crippen LogP contribution in [0, 0.1) is 11.3 Å². The van der Waals surface area contributed by atoms with Crippen molar-refractivity contribution in [1.29, 1.82) is 0 Å². The van der Waals surface area contributed by atoms with Crippen molar-refractivity contribution in [1.82, 2.24) is 10.2 Å². The Balaban J connectivity index is 1.95. The van der Waals surface area contributed by atoms with Crippen LogP contribution in [0.2, 0.25) is 0 Å². The average Bonchev–Trinajstić information content (AvgIpc) is 2.33. The van der Waals surface area contributed by atoms with Gasteiger partial charge in [-0.05, 0) is 44.1 Å². The van der Waals surface area contributed by atoms with Gasteiger partial charge < -0.3 is 5.32 Å². The smallest absolute Gasteiger partial charge is 0.0243 e. The Bertz CT molecular complexity index is 240. The number of hydrogen-bond acceptors (Lipinski definition) is 2. The van der Waals surface area contributed by atoms with E-state index in [0.717, 1.165) is 12.0 Å². The molecule has 0 amide bonds. The molecule has 0 aromatic rings. The largest absolute Gasteiger partial charge is 0.312 e. The molecule has 0 bridgehead atoms. The molecule has 0 aromatic heterocycles. The van der Waals surface area contributed by atoms with Crippen LogP contribution in [0.5, 0.6) is 0 Å². The maximum Gasteiger partial charge on any atom is 0.0243 e. The summed E-state index contributed by atoms with van der Waals surface area (Å²) < 4.78 is 0. The van der Waals surface area contributed by atoms with Gasteiger partial charge in [-0.25, -0.2) is 0 Å². The van der Waals surface area contributed by atoms with Crippen molar-refractivity contribution in [3.05, 3.63) is 0 Å². The fourth-order valence-corrected chi connectivity index (χ4v) is 2.97. The van der Waals surface area contributed by atoms with Gasteiger partial charge in [-0.3, -0.25) is 4.90 Å². The van der Waals surface area contributed by atoms with Crippen molar-refractivity contribution in [3.8, 4) is 0 Å². The molecule has 2 heteroatoms. The highest BCUT2D eigenvalue weighted by molar-refractivity contribution is 4.89. The minimum absolute atomic E-state index is 0.377. The summed E-state index contributed by atoms with van der Waals surface area (Å²) in [7, 11) is 0. The van der Waals surface area contributed by atoms with Crippen LogP contribution in [0.15, 0.2) is 0 Å². The molecule has 1 saturated carbocycles. The lowest BCUT2D eigenvalue weighted by molar-refractivity contribution is 0.118. The van der Waals surface area contributed by atoms with E-state index in [0.29, 0.717) is 11.5 Å². The summed E-state index contributed by atoms with van der Waals surface area (Å²) in [6, 6.07) is 1.41. The molecule has 2 rings (SSSR count). The minimum Gasteiger partial charge on any atom is -0.312 e. The van der Waals surface area contributed by atoms with E-state index in [1.807, 2.05) is 0 Å². The van der Waals surface area contributed by atoms with Crippen LogP contribution in [-0.4, -0.2) is 36.6 Å². The van der Waals surface area contributed by atoms with E-state index in [1.165, 1.54) is 45.3 Å². The first-order valence-corrected chi connectivity index (χ1v) is 7.44. The molecule has 1 aliphatic heterocycles. The highest BCUT2D eigenvalue weighted by Crippen LogP contribution is 2.30. The highest BCUT2D eigenvalue weighted by Gasteiger charge is 2.32. The lowest BCUT2D eigenvalue weighted by Gasteiger charge is -2.38. The van der Waals surface area contributed by atoms with Crippen molar-refractivity contribution in [2.45, 2.75) is 65.5 Å². The third kappa shape index (κ3) is 3.45. The summed E-state index contributed by atoms with van der Waals surface area (Å²) in [5.41, 5.74) is 0.377. The SMILES string of the molecule is CC1CCNC(C(C)(C)C)CN1CC1CCC1. The fourth-order valence-electron chi connectivity index (χ4n) is 2.97. The van der Waals surface area contributed by atoms with E-state index < -0.39 is 0 Å². The van der Waals surface area contributed by atoms with Crippen LogP contribution in [0.25, 0.3) is 0 Å². The number of nitrogens with zero attached hydrogens (tertiary/aromatic N) is 1. The van der Waals surface area contributed by atoms with Crippen LogP contribution in [0.1, 0.15) is 53.4 Å². The van der Waals surface area contributed by atoms with Gasteiger partial charge in [0.2, 0.25) is 0 Å². The van der Waals surface area contributed by atoms with Crippen molar-refractivity contribution >= 4 is 0 Å². The Morgan fingerprint density at radius 1 is 1.18 bits per heavy atom. The number of hydrogen-bond donors (Lipinski definition) is 1. The molecule has 2 atom stereocenters. The Hall–Kier alpha value is -0.0800. The monoisotopic (exact) mass is 238 g/mol. The third-order valence-electron chi connectivity index (χ3n) is 4.76. The molecule has 2 unspecified atom stereocenters. The summed E-state index contributed by atoms with van der Waals surface area (Å²) in [5.74, 6) is 0.996. The summed E-state index contributed by atoms with van der Waals surface area (Å²) in [6.45, 7) is 13.3. The number of rotatable bonds is 2. The molecule has 2 aliphatic rings. The Kier molecular flexibility index (Phi) is 4.14. The molecule has 100 valence electrons.